The molecule has 2 aromatic rings. The SMILES string of the molecule is COc1cc([C@H]2CC(=O)C3=C(C2)NC(=O)C[C@@H]3c2ccccc2F)cc(OC)c1OC. The molecule has 6 nitrogen and oxygen atoms in total. The van der Waals surface area contributed by atoms with Gasteiger partial charge in [0.15, 0.2) is 17.3 Å². The maximum Gasteiger partial charge on any atom is 0.225 e. The second-order valence-corrected chi connectivity index (χ2v) is 7.71. The van der Waals surface area contributed by atoms with Gasteiger partial charge in [-0.05, 0) is 41.7 Å². The van der Waals surface area contributed by atoms with Crippen LogP contribution in [0.15, 0.2) is 47.7 Å². The number of halogens is 1. The number of ketones is 1. The molecule has 4 rings (SSSR count). The summed E-state index contributed by atoms with van der Waals surface area (Å²) in [6.07, 6.45) is 0.759. The highest BCUT2D eigenvalue weighted by Crippen LogP contribution is 2.46. The maximum atomic E-state index is 14.5. The molecule has 0 spiro atoms. The molecule has 1 N–H and O–H groups in total. The predicted molar refractivity (Wildman–Crippen MR) is 112 cm³/mol. The standard InChI is InChI=1S/C24H24FNO5/c1-29-20-10-14(11-21(30-2)24(20)31-3)13-8-18-23(19(27)9-13)16(12-22(28)26-18)15-6-4-5-7-17(15)25/h4-7,10-11,13,16H,8-9,12H2,1-3H3,(H,26,28)/t13-,16-/m1/s1. The summed E-state index contributed by atoms with van der Waals surface area (Å²) >= 11 is 0. The Balaban J connectivity index is 1.74. The first-order valence-electron chi connectivity index (χ1n) is 10.1. The summed E-state index contributed by atoms with van der Waals surface area (Å²) in [4.78, 5) is 25.6. The average Bonchev–Trinajstić information content (AvgIpc) is 2.77. The molecule has 1 aliphatic heterocycles. The highest BCUT2D eigenvalue weighted by atomic mass is 19.1. The molecular formula is C24H24FNO5. The van der Waals surface area contributed by atoms with Gasteiger partial charge in [0.2, 0.25) is 11.7 Å². The first-order valence-corrected chi connectivity index (χ1v) is 10.1. The minimum absolute atomic E-state index is 0.0559. The van der Waals surface area contributed by atoms with Gasteiger partial charge >= 0.3 is 0 Å². The molecule has 0 radical (unpaired) electrons. The van der Waals surface area contributed by atoms with Crippen molar-refractivity contribution in [3.63, 3.8) is 0 Å². The lowest BCUT2D eigenvalue weighted by molar-refractivity contribution is -0.122. The Hall–Kier alpha value is -3.35. The Morgan fingerprint density at radius 3 is 2.23 bits per heavy atom. The number of rotatable bonds is 5. The summed E-state index contributed by atoms with van der Waals surface area (Å²) in [5.41, 5.74) is 2.30. The summed E-state index contributed by atoms with van der Waals surface area (Å²) < 4.78 is 30.7. The van der Waals surface area contributed by atoms with Gasteiger partial charge in [0.25, 0.3) is 0 Å². The number of nitrogens with one attached hydrogen (secondary N) is 1. The summed E-state index contributed by atoms with van der Waals surface area (Å²) in [6.45, 7) is 0. The van der Waals surface area contributed by atoms with E-state index in [2.05, 4.69) is 5.32 Å². The molecule has 1 aliphatic carbocycles. The molecule has 2 aliphatic rings. The zero-order valence-electron chi connectivity index (χ0n) is 17.7. The van der Waals surface area contributed by atoms with Crippen LogP contribution >= 0.6 is 0 Å². The number of hydrogen-bond donors (Lipinski definition) is 1. The van der Waals surface area contributed by atoms with E-state index in [0.717, 1.165) is 5.56 Å². The third-order valence-electron chi connectivity index (χ3n) is 5.98. The monoisotopic (exact) mass is 425 g/mol. The van der Waals surface area contributed by atoms with E-state index in [1.807, 2.05) is 12.1 Å². The van der Waals surface area contributed by atoms with Gasteiger partial charge in [-0.3, -0.25) is 9.59 Å². The van der Waals surface area contributed by atoms with Crippen LogP contribution in [0.3, 0.4) is 0 Å². The number of Topliss-reactive ketones (excluding diaryl/α,β-unsaturated/α-hetero) is 1. The van der Waals surface area contributed by atoms with Gasteiger partial charge in [-0.1, -0.05) is 18.2 Å². The molecule has 0 aromatic heterocycles. The lowest BCUT2D eigenvalue weighted by Gasteiger charge is -2.34. The van der Waals surface area contributed by atoms with Gasteiger partial charge in [-0.2, -0.15) is 0 Å². The third kappa shape index (κ3) is 3.76. The zero-order valence-corrected chi connectivity index (χ0v) is 17.7. The van der Waals surface area contributed by atoms with E-state index in [9.17, 15) is 14.0 Å². The Kier molecular flexibility index (Phi) is 5.67. The van der Waals surface area contributed by atoms with Gasteiger partial charge in [0.05, 0.1) is 21.3 Å². The van der Waals surface area contributed by atoms with Crippen molar-refractivity contribution in [2.24, 2.45) is 0 Å². The van der Waals surface area contributed by atoms with E-state index in [1.165, 1.54) is 27.4 Å². The number of methoxy groups -OCH3 is 3. The lowest BCUT2D eigenvalue weighted by Crippen LogP contribution is -2.38. The fourth-order valence-corrected chi connectivity index (χ4v) is 4.56. The Morgan fingerprint density at radius 2 is 1.61 bits per heavy atom. The summed E-state index contributed by atoms with van der Waals surface area (Å²) in [5, 5.41) is 2.86. The fourth-order valence-electron chi connectivity index (χ4n) is 4.56. The fraction of sp³-hybridized carbons (Fsp3) is 0.333. The average molecular weight is 425 g/mol. The van der Waals surface area contributed by atoms with E-state index in [4.69, 9.17) is 14.2 Å². The molecule has 1 heterocycles. The molecule has 162 valence electrons. The normalized spacial score (nSPS) is 20.8. The van der Waals surface area contributed by atoms with E-state index in [0.29, 0.717) is 40.5 Å². The first kappa shape index (κ1) is 20.9. The van der Waals surface area contributed by atoms with Crippen LogP contribution in [0, 0.1) is 5.82 Å². The van der Waals surface area contributed by atoms with Crippen LogP contribution in [-0.2, 0) is 9.59 Å². The number of carbonyl (C=O) groups is 2. The van der Waals surface area contributed by atoms with E-state index >= 15 is 0 Å². The second kappa shape index (κ2) is 8.41. The van der Waals surface area contributed by atoms with Crippen LogP contribution in [0.5, 0.6) is 17.2 Å². The highest BCUT2D eigenvalue weighted by Gasteiger charge is 2.39. The number of ether oxygens (including phenoxy) is 3. The van der Waals surface area contributed by atoms with E-state index < -0.39 is 11.7 Å². The first-order chi connectivity index (χ1) is 15.0. The lowest BCUT2D eigenvalue weighted by atomic mass is 9.73. The quantitative estimate of drug-likeness (QED) is 0.788. The van der Waals surface area contributed by atoms with Crippen LogP contribution in [0.1, 0.15) is 42.2 Å². The highest BCUT2D eigenvalue weighted by molar-refractivity contribution is 6.02. The molecule has 0 bridgehead atoms. The van der Waals surface area contributed by atoms with Crippen LogP contribution in [0.4, 0.5) is 4.39 Å². The summed E-state index contributed by atoms with van der Waals surface area (Å²) in [6, 6.07) is 9.96. The summed E-state index contributed by atoms with van der Waals surface area (Å²) in [5.74, 6) is 0.00789. The minimum Gasteiger partial charge on any atom is -0.493 e. The number of amides is 1. The van der Waals surface area contributed by atoms with Crippen molar-refractivity contribution < 1.29 is 28.2 Å². The van der Waals surface area contributed by atoms with Crippen molar-refractivity contribution in [3.8, 4) is 17.2 Å². The number of allylic oxidation sites excluding steroid dienone is 2. The third-order valence-corrected chi connectivity index (χ3v) is 5.98. The molecule has 1 amide bonds. The van der Waals surface area contributed by atoms with Crippen molar-refractivity contribution in [2.75, 3.05) is 21.3 Å². The van der Waals surface area contributed by atoms with E-state index in [-0.39, 0.29) is 30.4 Å². The predicted octanol–water partition coefficient (Wildman–Crippen LogP) is 3.86. The Bertz CT molecular complexity index is 1050. The van der Waals surface area contributed by atoms with Crippen molar-refractivity contribution in [1.29, 1.82) is 0 Å². The molecule has 0 saturated carbocycles. The largest absolute Gasteiger partial charge is 0.493 e. The number of benzene rings is 2. The molecular weight excluding hydrogens is 401 g/mol. The number of hydrogen-bond acceptors (Lipinski definition) is 5. The molecule has 2 atom stereocenters. The Morgan fingerprint density at radius 1 is 0.935 bits per heavy atom. The summed E-state index contributed by atoms with van der Waals surface area (Å²) in [7, 11) is 4.60. The van der Waals surface area contributed by atoms with Crippen molar-refractivity contribution in [1.82, 2.24) is 5.32 Å². The molecule has 0 unspecified atom stereocenters. The molecule has 0 saturated heterocycles. The van der Waals surface area contributed by atoms with Crippen LogP contribution in [-0.4, -0.2) is 33.0 Å². The molecule has 2 aromatic carbocycles. The van der Waals surface area contributed by atoms with Gasteiger partial charge in [-0.15, -0.1) is 0 Å². The van der Waals surface area contributed by atoms with Crippen LogP contribution in [0.2, 0.25) is 0 Å². The molecule has 0 fully saturated rings. The van der Waals surface area contributed by atoms with Crippen molar-refractivity contribution in [2.45, 2.75) is 31.1 Å². The van der Waals surface area contributed by atoms with Gasteiger partial charge in [-0.25, -0.2) is 4.39 Å². The second-order valence-electron chi connectivity index (χ2n) is 7.71. The van der Waals surface area contributed by atoms with Crippen molar-refractivity contribution >= 4 is 11.7 Å². The van der Waals surface area contributed by atoms with Gasteiger partial charge in [0, 0.05) is 30.0 Å². The number of carbonyl (C=O) groups excluding carboxylic acids is 2. The maximum absolute atomic E-state index is 14.5. The smallest absolute Gasteiger partial charge is 0.225 e. The minimum atomic E-state index is -0.571. The Labute approximate surface area is 180 Å². The zero-order chi connectivity index (χ0) is 22.1. The van der Waals surface area contributed by atoms with Gasteiger partial charge in [0.1, 0.15) is 5.82 Å². The van der Waals surface area contributed by atoms with Crippen molar-refractivity contribution in [3.05, 3.63) is 64.6 Å². The van der Waals surface area contributed by atoms with Gasteiger partial charge < -0.3 is 19.5 Å². The topological polar surface area (TPSA) is 73.9 Å². The molecule has 31 heavy (non-hydrogen) atoms. The van der Waals surface area contributed by atoms with Crippen LogP contribution in [0.25, 0.3) is 0 Å². The van der Waals surface area contributed by atoms with E-state index in [1.54, 1.807) is 18.2 Å². The molecule has 7 heteroatoms. The van der Waals surface area contributed by atoms with Crippen LogP contribution < -0.4 is 19.5 Å².